The molecule has 2 aromatic rings. The van der Waals surface area contributed by atoms with Gasteiger partial charge in [0.1, 0.15) is 11.6 Å². The van der Waals surface area contributed by atoms with E-state index in [1.165, 1.54) is 12.1 Å². The summed E-state index contributed by atoms with van der Waals surface area (Å²) in [5.74, 6) is 0.204. The molecule has 1 aromatic heterocycles. The predicted octanol–water partition coefficient (Wildman–Crippen LogP) is 2.39. The largest absolute Gasteiger partial charge is 0.328 e. The number of hydrogen-bond donors (Lipinski definition) is 2. The number of nitrogens with two attached hydrogens (primary N) is 1. The molecule has 0 aliphatic heterocycles. The number of halogens is 1. The van der Waals surface area contributed by atoms with Crippen LogP contribution in [0.3, 0.4) is 0 Å². The zero-order valence-corrected chi connectivity index (χ0v) is 12.4. The summed E-state index contributed by atoms with van der Waals surface area (Å²) in [5.41, 5.74) is 7.34. The lowest BCUT2D eigenvalue weighted by molar-refractivity contribution is -0.119. The summed E-state index contributed by atoms with van der Waals surface area (Å²) in [6, 6.07) is 7.91. The number of carbonyl (C=O) groups is 1. The molecule has 1 heterocycles. The first kappa shape index (κ1) is 14.7. The molecular formula is C16H19FN4O. The summed E-state index contributed by atoms with van der Waals surface area (Å²) in [6.07, 6.45) is 2.42. The summed E-state index contributed by atoms with van der Waals surface area (Å²) in [7, 11) is 0. The molecule has 0 spiro atoms. The van der Waals surface area contributed by atoms with Gasteiger partial charge in [0.2, 0.25) is 5.91 Å². The van der Waals surface area contributed by atoms with Crippen LogP contribution in [0.25, 0.3) is 5.69 Å². The van der Waals surface area contributed by atoms with E-state index in [1.807, 2.05) is 6.92 Å². The SMILES string of the molecule is Cc1cc(NC(=O)C2CCC(N)C2)n(-c2ccc(F)cc2)n1. The van der Waals surface area contributed by atoms with E-state index >= 15 is 0 Å². The standard InChI is InChI=1S/C16H19FN4O/c1-10-8-15(19-16(22)11-2-5-13(18)9-11)21(20-10)14-6-3-12(17)4-7-14/h3-4,6-8,11,13H,2,5,9,18H2,1H3,(H,19,22). The number of benzene rings is 1. The van der Waals surface area contributed by atoms with Crippen LogP contribution in [-0.4, -0.2) is 21.7 Å². The van der Waals surface area contributed by atoms with Gasteiger partial charge in [-0.25, -0.2) is 9.07 Å². The van der Waals surface area contributed by atoms with Gasteiger partial charge in [-0.15, -0.1) is 0 Å². The molecular weight excluding hydrogens is 283 g/mol. The summed E-state index contributed by atoms with van der Waals surface area (Å²) < 4.78 is 14.7. The number of aromatic nitrogens is 2. The zero-order valence-electron chi connectivity index (χ0n) is 12.4. The van der Waals surface area contributed by atoms with Gasteiger partial charge in [-0.1, -0.05) is 0 Å². The summed E-state index contributed by atoms with van der Waals surface area (Å²) >= 11 is 0. The lowest BCUT2D eigenvalue weighted by atomic mass is 10.1. The molecule has 2 unspecified atom stereocenters. The van der Waals surface area contributed by atoms with Crippen LogP contribution in [0.2, 0.25) is 0 Å². The fourth-order valence-electron chi connectivity index (χ4n) is 2.85. The third kappa shape index (κ3) is 3.01. The number of hydrogen-bond acceptors (Lipinski definition) is 3. The van der Waals surface area contributed by atoms with Crippen molar-refractivity contribution < 1.29 is 9.18 Å². The van der Waals surface area contributed by atoms with Crippen LogP contribution in [0.1, 0.15) is 25.0 Å². The van der Waals surface area contributed by atoms with E-state index in [1.54, 1.807) is 22.9 Å². The highest BCUT2D eigenvalue weighted by Gasteiger charge is 2.28. The second-order valence-electron chi connectivity index (χ2n) is 5.82. The molecule has 3 rings (SSSR count). The minimum atomic E-state index is -0.307. The first-order valence-electron chi connectivity index (χ1n) is 7.42. The van der Waals surface area contributed by atoms with E-state index < -0.39 is 0 Å². The van der Waals surface area contributed by atoms with Crippen LogP contribution < -0.4 is 11.1 Å². The number of carbonyl (C=O) groups excluding carboxylic acids is 1. The molecule has 1 aromatic carbocycles. The molecule has 2 atom stereocenters. The van der Waals surface area contributed by atoms with Crippen molar-refractivity contribution in [3.63, 3.8) is 0 Å². The maximum Gasteiger partial charge on any atom is 0.228 e. The average molecular weight is 302 g/mol. The molecule has 1 fully saturated rings. The molecule has 3 N–H and O–H groups in total. The number of nitrogens with zero attached hydrogens (tertiary/aromatic N) is 2. The Balaban J connectivity index is 1.82. The van der Waals surface area contributed by atoms with E-state index in [9.17, 15) is 9.18 Å². The molecule has 0 saturated heterocycles. The summed E-state index contributed by atoms with van der Waals surface area (Å²) in [6.45, 7) is 1.85. The van der Waals surface area contributed by atoms with Crippen molar-refractivity contribution in [2.75, 3.05) is 5.32 Å². The van der Waals surface area contributed by atoms with Gasteiger partial charge >= 0.3 is 0 Å². The second kappa shape index (κ2) is 5.88. The van der Waals surface area contributed by atoms with Crippen LogP contribution in [-0.2, 0) is 4.79 Å². The molecule has 1 aliphatic rings. The van der Waals surface area contributed by atoms with Gasteiger partial charge in [0.25, 0.3) is 0 Å². The fraction of sp³-hybridized carbons (Fsp3) is 0.375. The quantitative estimate of drug-likeness (QED) is 0.914. The number of nitrogens with one attached hydrogen (secondary N) is 1. The molecule has 0 bridgehead atoms. The van der Waals surface area contributed by atoms with Crippen LogP contribution in [0.5, 0.6) is 0 Å². The van der Waals surface area contributed by atoms with Crippen molar-refractivity contribution in [1.29, 1.82) is 0 Å². The minimum Gasteiger partial charge on any atom is -0.328 e. The van der Waals surface area contributed by atoms with E-state index in [0.29, 0.717) is 11.5 Å². The van der Waals surface area contributed by atoms with Crippen LogP contribution >= 0.6 is 0 Å². The van der Waals surface area contributed by atoms with Crippen LogP contribution in [0.15, 0.2) is 30.3 Å². The highest BCUT2D eigenvalue weighted by molar-refractivity contribution is 5.92. The second-order valence-corrected chi connectivity index (χ2v) is 5.82. The highest BCUT2D eigenvalue weighted by atomic mass is 19.1. The Morgan fingerprint density at radius 1 is 1.36 bits per heavy atom. The monoisotopic (exact) mass is 302 g/mol. The van der Waals surface area contributed by atoms with E-state index in [-0.39, 0.29) is 23.7 Å². The topological polar surface area (TPSA) is 72.9 Å². The Hall–Kier alpha value is -2.21. The maximum atomic E-state index is 13.0. The highest BCUT2D eigenvalue weighted by Crippen LogP contribution is 2.26. The average Bonchev–Trinajstić information content (AvgIpc) is 3.06. The Bertz CT molecular complexity index is 680. The Morgan fingerprint density at radius 3 is 2.73 bits per heavy atom. The van der Waals surface area contributed by atoms with Gasteiger partial charge in [-0.3, -0.25) is 4.79 Å². The van der Waals surface area contributed by atoms with Gasteiger partial charge in [-0.2, -0.15) is 5.10 Å². The summed E-state index contributed by atoms with van der Waals surface area (Å²) in [5, 5.41) is 7.28. The Labute approximate surface area is 128 Å². The Morgan fingerprint density at radius 2 is 2.09 bits per heavy atom. The third-order valence-corrected chi connectivity index (χ3v) is 4.00. The van der Waals surface area contributed by atoms with E-state index in [2.05, 4.69) is 10.4 Å². The van der Waals surface area contributed by atoms with Gasteiger partial charge in [-0.05, 0) is 50.5 Å². The van der Waals surface area contributed by atoms with Crippen molar-refractivity contribution in [3.8, 4) is 5.69 Å². The molecule has 22 heavy (non-hydrogen) atoms. The number of rotatable bonds is 3. The number of anilines is 1. The van der Waals surface area contributed by atoms with Crippen LogP contribution in [0.4, 0.5) is 10.2 Å². The predicted molar refractivity (Wildman–Crippen MR) is 82.2 cm³/mol. The lowest BCUT2D eigenvalue weighted by Gasteiger charge is -2.12. The van der Waals surface area contributed by atoms with Crippen molar-refractivity contribution in [2.45, 2.75) is 32.2 Å². The van der Waals surface area contributed by atoms with Gasteiger partial charge < -0.3 is 11.1 Å². The molecule has 5 nitrogen and oxygen atoms in total. The van der Waals surface area contributed by atoms with E-state index in [0.717, 1.165) is 25.0 Å². The summed E-state index contributed by atoms with van der Waals surface area (Å²) in [4.78, 5) is 12.3. The van der Waals surface area contributed by atoms with Crippen molar-refractivity contribution >= 4 is 11.7 Å². The fourth-order valence-corrected chi connectivity index (χ4v) is 2.85. The first-order valence-corrected chi connectivity index (χ1v) is 7.42. The van der Waals surface area contributed by atoms with Crippen molar-refractivity contribution in [2.24, 2.45) is 11.7 Å². The van der Waals surface area contributed by atoms with Gasteiger partial charge in [0.15, 0.2) is 0 Å². The lowest BCUT2D eigenvalue weighted by Crippen LogP contribution is -2.24. The molecule has 0 radical (unpaired) electrons. The molecule has 1 aliphatic carbocycles. The van der Waals surface area contributed by atoms with Crippen molar-refractivity contribution in [1.82, 2.24) is 9.78 Å². The first-order chi connectivity index (χ1) is 10.5. The van der Waals surface area contributed by atoms with Crippen molar-refractivity contribution in [3.05, 3.63) is 41.8 Å². The third-order valence-electron chi connectivity index (χ3n) is 4.00. The Kier molecular flexibility index (Phi) is 3.94. The smallest absolute Gasteiger partial charge is 0.228 e. The normalized spacial score (nSPS) is 21.0. The molecule has 6 heteroatoms. The van der Waals surface area contributed by atoms with Crippen LogP contribution in [0, 0.1) is 18.7 Å². The van der Waals surface area contributed by atoms with E-state index in [4.69, 9.17) is 5.73 Å². The molecule has 1 saturated carbocycles. The molecule has 1 amide bonds. The van der Waals surface area contributed by atoms with Gasteiger partial charge in [0.05, 0.1) is 11.4 Å². The minimum absolute atomic E-state index is 0.0313. The maximum absolute atomic E-state index is 13.0. The number of amides is 1. The van der Waals surface area contributed by atoms with Gasteiger partial charge in [0, 0.05) is 18.0 Å². The molecule has 116 valence electrons. The zero-order chi connectivity index (χ0) is 15.7. The number of aryl methyl sites for hydroxylation is 1.